The van der Waals surface area contributed by atoms with Crippen LogP contribution in [0.25, 0.3) is 0 Å². The van der Waals surface area contributed by atoms with Gasteiger partial charge in [0.05, 0.1) is 7.11 Å². The lowest BCUT2D eigenvalue weighted by Gasteiger charge is -2.12. The second-order valence-corrected chi connectivity index (χ2v) is 3.06. The summed E-state index contributed by atoms with van der Waals surface area (Å²) >= 11 is 0. The molecule has 0 radical (unpaired) electrons. The Morgan fingerprint density at radius 3 is 2.71 bits per heavy atom. The van der Waals surface area contributed by atoms with Gasteiger partial charge in [-0.05, 0) is 18.6 Å². The molecule has 1 aromatic rings. The monoisotopic (exact) mass is 195 g/mol. The molecule has 1 rings (SSSR count). The van der Waals surface area contributed by atoms with Crippen molar-refractivity contribution >= 4 is 5.97 Å². The second kappa shape index (κ2) is 4.11. The lowest BCUT2D eigenvalue weighted by molar-refractivity contribution is -0.138. The highest BCUT2D eigenvalue weighted by Gasteiger charge is 2.18. The van der Waals surface area contributed by atoms with E-state index in [0.717, 1.165) is 5.56 Å². The number of carbonyl (C=O) groups is 1. The van der Waals surface area contributed by atoms with E-state index in [2.05, 4.69) is 0 Å². The molecule has 1 aromatic carbocycles. The zero-order valence-electron chi connectivity index (χ0n) is 8.15. The third-order valence-electron chi connectivity index (χ3n) is 1.99. The predicted molar refractivity (Wildman–Crippen MR) is 52.3 cm³/mol. The Morgan fingerprint density at radius 2 is 2.21 bits per heavy atom. The molecule has 3 N–H and O–H groups in total. The van der Waals surface area contributed by atoms with Crippen LogP contribution in [-0.2, 0) is 4.79 Å². The van der Waals surface area contributed by atoms with E-state index < -0.39 is 12.0 Å². The molecule has 0 saturated carbocycles. The fourth-order valence-electron chi connectivity index (χ4n) is 1.21. The first-order valence-corrected chi connectivity index (χ1v) is 4.19. The van der Waals surface area contributed by atoms with E-state index in [4.69, 9.17) is 15.6 Å². The highest BCUT2D eigenvalue weighted by Crippen LogP contribution is 2.24. The van der Waals surface area contributed by atoms with E-state index in [1.54, 1.807) is 18.2 Å². The molecule has 76 valence electrons. The van der Waals surface area contributed by atoms with Crippen molar-refractivity contribution < 1.29 is 14.6 Å². The molecule has 0 aliphatic rings. The van der Waals surface area contributed by atoms with Crippen molar-refractivity contribution in [2.75, 3.05) is 7.11 Å². The molecule has 0 aromatic heterocycles. The third kappa shape index (κ3) is 2.03. The quantitative estimate of drug-likeness (QED) is 0.757. The SMILES string of the molecule is COc1cc(C)ccc1[C@@H](N)C(=O)O. The number of nitrogens with two attached hydrogens (primary N) is 1. The van der Waals surface area contributed by atoms with E-state index in [9.17, 15) is 4.79 Å². The van der Waals surface area contributed by atoms with E-state index >= 15 is 0 Å². The topological polar surface area (TPSA) is 72.5 Å². The summed E-state index contributed by atoms with van der Waals surface area (Å²) in [6.45, 7) is 1.90. The maximum Gasteiger partial charge on any atom is 0.325 e. The van der Waals surface area contributed by atoms with Crippen molar-refractivity contribution in [1.29, 1.82) is 0 Å². The van der Waals surface area contributed by atoms with Gasteiger partial charge in [-0.1, -0.05) is 12.1 Å². The third-order valence-corrected chi connectivity index (χ3v) is 1.99. The van der Waals surface area contributed by atoms with E-state index in [0.29, 0.717) is 11.3 Å². The van der Waals surface area contributed by atoms with Gasteiger partial charge in [0.2, 0.25) is 0 Å². The molecule has 14 heavy (non-hydrogen) atoms. The molecule has 1 atom stereocenters. The molecule has 4 heteroatoms. The van der Waals surface area contributed by atoms with Gasteiger partial charge in [-0.3, -0.25) is 4.79 Å². The van der Waals surface area contributed by atoms with E-state index in [-0.39, 0.29) is 0 Å². The van der Waals surface area contributed by atoms with Crippen LogP contribution in [0.1, 0.15) is 17.2 Å². The number of benzene rings is 1. The number of rotatable bonds is 3. The molecule has 0 unspecified atom stereocenters. The summed E-state index contributed by atoms with van der Waals surface area (Å²) in [5.41, 5.74) is 6.98. The van der Waals surface area contributed by atoms with Crippen LogP contribution in [0.2, 0.25) is 0 Å². The van der Waals surface area contributed by atoms with Crippen LogP contribution in [-0.4, -0.2) is 18.2 Å². The summed E-state index contributed by atoms with van der Waals surface area (Å²) in [5.74, 6) is -0.549. The van der Waals surface area contributed by atoms with Gasteiger partial charge >= 0.3 is 5.97 Å². The summed E-state index contributed by atoms with van der Waals surface area (Å²) in [6, 6.07) is 4.21. The van der Waals surface area contributed by atoms with Crippen molar-refractivity contribution in [2.45, 2.75) is 13.0 Å². The van der Waals surface area contributed by atoms with Gasteiger partial charge in [0.1, 0.15) is 11.8 Å². The van der Waals surface area contributed by atoms with Crippen molar-refractivity contribution in [3.8, 4) is 5.75 Å². The molecule has 0 aliphatic heterocycles. The van der Waals surface area contributed by atoms with Crippen LogP contribution in [0.15, 0.2) is 18.2 Å². The van der Waals surface area contributed by atoms with Gasteiger partial charge < -0.3 is 15.6 Å². The number of carboxylic acids is 1. The van der Waals surface area contributed by atoms with Gasteiger partial charge in [-0.25, -0.2) is 0 Å². The Kier molecular flexibility index (Phi) is 3.09. The van der Waals surface area contributed by atoms with Gasteiger partial charge in [-0.2, -0.15) is 0 Å². The molecule has 0 fully saturated rings. The maximum absolute atomic E-state index is 10.7. The largest absolute Gasteiger partial charge is 0.496 e. The highest BCUT2D eigenvalue weighted by atomic mass is 16.5. The van der Waals surface area contributed by atoms with Crippen LogP contribution in [0.3, 0.4) is 0 Å². The van der Waals surface area contributed by atoms with Crippen molar-refractivity contribution in [3.05, 3.63) is 29.3 Å². The van der Waals surface area contributed by atoms with Crippen molar-refractivity contribution in [2.24, 2.45) is 5.73 Å². The molecule has 0 bridgehead atoms. The van der Waals surface area contributed by atoms with Crippen LogP contribution < -0.4 is 10.5 Å². The number of aliphatic carboxylic acids is 1. The standard InChI is InChI=1S/C10H13NO3/c1-6-3-4-7(8(5-6)14-2)9(11)10(12)13/h3-5,9H,11H2,1-2H3,(H,12,13)/t9-/m1/s1. The number of ether oxygens (including phenoxy) is 1. The zero-order valence-corrected chi connectivity index (χ0v) is 8.15. The summed E-state index contributed by atoms with van der Waals surface area (Å²) in [5, 5.41) is 8.74. The average Bonchev–Trinajstić information content (AvgIpc) is 2.16. The summed E-state index contributed by atoms with van der Waals surface area (Å²) < 4.78 is 5.05. The van der Waals surface area contributed by atoms with Gasteiger partial charge in [0.15, 0.2) is 0 Å². The first-order chi connectivity index (χ1) is 6.56. The Bertz CT molecular complexity index is 349. The van der Waals surface area contributed by atoms with Crippen molar-refractivity contribution in [3.63, 3.8) is 0 Å². The number of hydrogen-bond donors (Lipinski definition) is 2. The van der Waals surface area contributed by atoms with Gasteiger partial charge in [0, 0.05) is 5.56 Å². The Balaban J connectivity index is 3.13. The molecule has 0 heterocycles. The first-order valence-electron chi connectivity index (χ1n) is 4.19. The smallest absolute Gasteiger partial charge is 0.325 e. The lowest BCUT2D eigenvalue weighted by atomic mass is 10.0. The summed E-state index contributed by atoms with van der Waals surface area (Å²) in [7, 11) is 1.49. The zero-order chi connectivity index (χ0) is 10.7. The lowest BCUT2D eigenvalue weighted by Crippen LogP contribution is -2.21. The Morgan fingerprint density at radius 1 is 1.57 bits per heavy atom. The molecular formula is C10H13NO3. The molecular weight excluding hydrogens is 182 g/mol. The number of hydrogen-bond acceptors (Lipinski definition) is 3. The predicted octanol–water partition coefficient (Wildman–Crippen LogP) is 1.09. The molecule has 0 spiro atoms. The van der Waals surface area contributed by atoms with Gasteiger partial charge in [0.25, 0.3) is 0 Å². The summed E-state index contributed by atoms with van der Waals surface area (Å²) in [6.07, 6.45) is 0. The maximum atomic E-state index is 10.7. The first kappa shape index (κ1) is 10.5. The minimum atomic E-state index is -1.06. The van der Waals surface area contributed by atoms with Gasteiger partial charge in [-0.15, -0.1) is 0 Å². The number of carboxylic acid groups (broad SMARTS) is 1. The summed E-state index contributed by atoms with van der Waals surface area (Å²) in [4.78, 5) is 10.7. The minimum Gasteiger partial charge on any atom is -0.496 e. The van der Waals surface area contributed by atoms with Crippen LogP contribution >= 0.6 is 0 Å². The van der Waals surface area contributed by atoms with E-state index in [1.165, 1.54) is 7.11 Å². The van der Waals surface area contributed by atoms with Crippen LogP contribution in [0.4, 0.5) is 0 Å². The Labute approximate surface area is 82.3 Å². The average molecular weight is 195 g/mol. The van der Waals surface area contributed by atoms with Crippen LogP contribution in [0.5, 0.6) is 5.75 Å². The highest BCUT2D eigenvalue weighted by molar-refractivity contribution is 5.76. The minimum absolute atomic E-state index is 0.491. The second-order valence-electron chi connectivity index (χ2n) is 3.06. The van der Waals surface area contributed by atoms with Crippen molar-refractivity contribution in [1.82, 2.24) is 0 Å². The molecule has 0 aliphatic carbocycles. The normalized spacial score (nSPS) is 12.2. The number of methoxy groups -OCH3 is 1. The fourth-order valence-corrected chi connectivity index (χ4v) is 1.21. The van der Waals surface area contributed by atoms with E-state index in [1.807, 2.05) is 6.92 Å². The van der Waals surface area contributed by atoms with Crippen LogP contribution in [0, 0.1) is 6.92 Å². The Hall–Kier alpha value is -1.55. The fraction of sp³-hybridized carbons (Fsp3) is 0.300. The molecule has 4 nitrogen and oxygen atoms in total. The number of aryl methyl sites for hydroxylation is 1. The molecule has 0 amide bonds. The molecule has 0 saturated heterocycles.